The number of anilines is 6. The number of hydrogen-bond donors (Lipinski definition) is 7. The van der Waals surface area contributed by atoms with Crippen LogP contribution in [-0.4, -0.2) is 36.6 Å². The van der Waals surface area contributed by atoms with E-state index in [9.17, 15) is 27.6 Å². The van der Waals surface area contributed by atoms with Gasteiger partial charge in [0.1, 0.15) is 24.5 Å². The number of rotatable bonds is 11. The zero-order valence-electron chi connectivity index (χ0n) is 32.5. The maximum Gasteiger partial charge on any atom is 0.294 e. The monoisotopic (exact) mass is 816 g/mol. The highest BCUT2D eigenvalue weighted by atomic mass is 32.2. The molecule has 4 aromatic carbocycles. The first-order valence-corrected chi connectivity index (χ1v) is 19.7. The topological polar surface area (TPSA) is 231 Å². The van der Waals surface area contributed by atoms with Crippen molar-refractivity contribution in [2.24, 2.45) is 0 Å². The molecule has 0 fully saturated rings. The van der Waals surface area contributed by atoms with Crippen molar-refractivity contribution in [3.63, 3.8) is 0 Å². The number of nitrogens with two attached hydrogens (primary N) is 2. The number of benzene rings is 4. The van der Waals surface area contributed by atoms with Crippen LogP contribution < -0.4 is 41.9 Å². The standard InChI is InChI=1S/C36H34N8O4.C7H8O3S/c1-3-43-17-5-7-27(21-43)41-35(47)29-15-13-25(19-31(29)37)39-33(45)23-9-11-24(12-10-23)34(46)40-26-14-16-30(32(38)20-26)36(48)42-28-8-6-18-44(4-2)22-28;1-6-2-4-7(5-3-6)11(8,9)10/h5-22H,3-4H2,1-2H3,(H6-2,37,38,39,40,41,42,45,46,47,48);2-5H,1H3,(H,8,9,10)/p+2. The third kappa shape index (κ3) is 11.8. The van der Waals surface area contributed by atoms with Gasteiger partial charge < -0.3 is 32.7 Å². The summed E-state index contributed by atoms with van der Waals surface area (Å²) in [6.45, 7) is 7.36. The second-order valence-electron chi connectivity index (χ2n) is 13.1. The third-order valence-electron chi connectivity index (χ3n) is 8.80. The maximum atomic E-state index is 12.9. The molecule has 0 aliphatic carbocycles. The molecule has 0 bridgehead atoms. The maximum absolute atomic E-state index is 12.9. The number of carbonyl (C=O) groups is 4. The molecular weight excluding hydrogens is 773 g/mol. The number of aromatic nitrogens is 2. The fourth-order valence-corrected chi connectivity index (χ4v) is 6.05. The van der Waals surface area contributed by atoms with Crippen LogP contribution in [0.4, 0.5) is 34.1 Å². The van der Waals surface area contributed by atoms with Crippen molar-refractivity contribution in [2.75, 3.05) is 32.7 Å². The molecule has 15 nitrogen and oxygen atoms in total. The molecule has 2 aromatic heterocycles. The Kier molecular flexibility index (Phi) is 13.9. The Morgan fingerprint density at radius 1 is 0.559 bits per heavy atom. The predicted molar refractivity (Wildman–Crippen MR) is 226 cm³/mol. The Morgan fingerprint density at radius 2 is 0.949 bits per heavy atom. The first-order valence-electron chi connectivity index (χ1n) is 18.3. The highest BCUT2D eigenvalue weighted by molar-refractivity contribution is 7.85. The number of nitrogens with one attached hydrogen (secondary N) is 4. The van der Waals surface area contributed by atoms with E-state index in [4.69, 9.17) is 16.0 Å². The van der Waals surface area contributed by atoms with Gasteiger partial charge in [-0.1, -0.05) is 17.7 Å². The van der Waals surface area contributed by atoms with Gasteiger partial charge >= 0.3 is 0 Å². The lowest BCUT2D eigenvalue weighted by Gasteiger charge is -2.11. The summed E-state index contributed by atoms with van der Waals surface area (Å²) >= 11 is 0. The quantitative estimate of drug-likeness (QED) is 0.0481. The molecule has 6 aromatic rings. The molecule has 16 heteroatoms. The molecule has 0 spiro atoms. The largest absolute Gasteiger partial charge is 0.398 e. The van der Waals surface area contributed by atoms with Gasteiger partial charge in [-0.15, -0.1) is 0 Å². The molecule has 9 N–H and O–H groups in total. The molecule has 6 rings (SSSR count). The predicted octanol–water partition coefficient (Wildman–Crippen LogP) is 5.72. The zero-order valence-corrected chi connectivity index (χ0v) is 33.3. The van der Waals surface area contributed by atoms with Gasteiger partial charge in [0.2, 0.25) is 0 Å². The van der Waals surface area contributed by atoms with Crippen molar-refractivity contribution in [1.29, 1.82) is 0 Å². The molecule has 0 saturated heterocycles. The summed E-state index contributed by atoms with van der Waals surface area (Å²) in [4.78, 5) is 51.3. The molecule has 4 amide bonds. The Hall–Kier alpha value is -7.43. The SMILES string of the molecule is CC[n+]1cccc(NC(=O)c2ccc(NC(=O)c3ccc(C(=O)Nc4ccc(C(=O)Nc5ccc[n+](CC)c5)c(N)c4)cc3)cc2N)c1.Cc1ccc(S(=O)(=O)O)cc1. The van der Waals surface area contributed by atoms with Crippen LogP contribution >= 0.6 is 0 Å². The average Bonchev–Trinajstić information content (AvgIpc) is 3.21. The molecule has 302 valence electrons. The molecule has 0 atom stereocenters. The van der Waals surface area contributed by atoms with Gasteiger partial charge in [-0.3, -0.25) is 23.7 Å². The lowest BCUT2D eigenvalue weighted by Crippen LogP contribution is -2.31. The lowest BCUT2D eigenvalue weighted by atomic mass is 10.1. The number of aryl methyl sites for hydroxylation is 3. The van der Waals surface area contributed by atoms with Crippen molar-refractivity contribution in [2.45, 2.75) is 38.8 Å². The van der Waals surface area contributed by atoms with Crippen LogP contribution in [0.2, 0.25) is 0 Å². The van der Waals surface area contributed by atoms with Crippen molar-refractivity contribution >= 4 is 67.9 Å². The molecule has 0 saturated carbocycles. The highest BCUT2D eigenvalue weighted by Crippen LogP contribution is 2.22. The number of hydrogen-bond acceptors (Lipinski definition) is 8. The van der Waals surface area contributed by atoms with E-state index in [1.807, 2.05) is 66.8 Å². The molecular formula is C43H44N8O7S+2. The second kappa shape index (κ2) is 19.1. The van der Waals surface area contributed by atoms with Gasteiger partial charge in [0.25, 0.3) is 33.7 Å². The number of nitrogens with zero attached hydrogens (tertiary/aromatic N) is 2. The Morgan fingerprint density at radius 3 is 1.31 bits per heavy atom. The van der Waals surface area contributed by atoms with Gasteiger partial charge in [0.05, 0.1) is 16.0 Å². The minimum atomic E-state index is -4.02. The number of pyridine rings is 2. The van der Waals surface area contributed by atoms with Crippen LogP contribution in [-0.2, 0) is 23.2 Å². The molecule has 0 aliphatic rings. The van der Waals surface area contributed by atoms with Crippen molar-refractivity contribution < 1.29 is 41.3 Å². The fourth-order valence-electron chi connectivity index (χ4n) is 5.57. The van der Waals surface area contributed by atoms with Crippen LogP contribution in [0.5, 0.6) is 0 Å². The average molecular weight is 817 g/mol. The van der Waals surface area contributed by atoms with E-state index in [2.05, 4.69) is 21.3 Å². The van der Waals surface area contributed by atoms with Gasteiger partial charge in [-0.2, -0.15) is 8.42 Å². The van der Waals surface area contributed by atoms with E-state index >= 15 is 0 Å². The summed E-state index contributed by atoms with van der Waals surface area (Å²) < 4.78 is 33.4. The summed E-state index contributed by atoms with van der Waals surface area (Å²) in [6.07, 6.45) is 7.44. The number of nitrogen functional groups attached to an aromatic ring is 2. The van der Waals surface area contributed by atoms with Crippen LogP contribution in [0, 0.1) is 6.92 Å². The summed E-state index contributed by atoms with van der Waals surface area (Å²) in [5.74, 6) is -1.59. The summed E-state index contributed by atoms with van der Waals surface area (Å²) in [6, 6.07) is 28.6. The van der Waals surface area contributed by atoms with Gasteiger partial charge in [0.15, 0.2) is 24.8 Å². The smallest absolute Gasteiger partial charge is 0.294 e. The lowest BCUT2D eigenvalue weighted by molar-refractivity contribution is -0.693. The Balaban J connectivity index is 0.000000520. The van der Waals surface area contributed by atoms with E-state index in [0.717, 1.165) is 18.7 Å². The summed E-state index contributed by atoms with van der Waals surface area (Å²) in [5, 5.41) is 11.2. The van der Waals surface area contributed by atoms with Gasteiger partial charge in [-0.05, 0) is 106 Å². The first-order chi connectivity index (χ1) is 28.1. The first kappa shape index (κ1) is 42.7. The zero-order chi connectivity index (χ0) is 42.7. The fraction of sp³-hybridized carbons (Fsp3) is 0.116. The van der Waals surface area contributed by atoms with E-state index in [0.29, 0.717) is 33.9 Å². The summed E-state index contributed by atoms with van der Waals surface area (Å²) in [5.41, 5.74) is 16.9. The summed E-state index contributed by atoms with van der Waals surface area (Å²) in [7, 11) is -4.02. The van der Waals surface area contributed by atoms with Crippen molar-refractivity contribution in [1.82, 2.24) is 0 Å². The van der Waals surface area contributed by atoms with Crippen molar-refractivity contribution in [3.05, 3.63) is 162 Å². The van der Waals surface area contributed by atoms with E-state index in [1.54, 1.807) is 48.5 Å². The minimum Gasteiger partial charge on any atom is -0.398 e. The number of carbonyl (C=O) groups excluding carboxylic acids is 4. The van der Waals surface area contributed by atoms with Crippen molar-refractivity contribution in [3.8, 4) is 0 Å². The van der Waals surface area contributed by atoms with Gasteiger partial charge in [0, 0.05) is 46.0 Å². The van der Waals surface area contributed by atoms with Crippen LogP contribution in [0.1, 0.15) is 60.8 Å². The highest BCUT2D eigenvalue weighted by Gasteiger charge is 2.16. The molecule has 2 heterocycles. The normalized spacial score (nSPS) is 10.7. The molecule has 59 heavy (non-hydrogen) atoms. The molecule has 0 unspecified atom stereocenters. The van der Waals surface area contributed by atoms with E-state index < -0.39 is 21.9 Å². The van der Waals surface area contributed by atoms with E-state index in [-0.39, 0.29) is 39.2 Å². The number of amides is 4. The Labute approximate surface area is 341 Å². The van der Waals surface area contributed by atoms with Crippen LogP contribution in [0.3, 0.4) is 0 Å². The Bertz CT molecular complexity index is 2470. The molecule has 0 radical (unpaired) electrons. The van der Waals surface area contributed by atoms with E-state index in [1.165, 1.54) is 48.5 Å². The molecule has 0 aliphatic heterocycles. The minimum absolute atomic E-state index is 0.0666. The van der Waals surface area contributed by atoms with Gasteiger partial charge in [-0.25, -0.2) is 9.13 Å². The van der Waals surface area contributed by atoms with Crippen LogP contribution in [0.25, 0.3) is 0 Å². The second-order valence-corrected chi connectivity index (χ2v) is 14.6. The third-order valence-corrected chi connectivity index (χ3v) is 9.67. The van der Waals surface area contributed by atoms with Crippen LogP contribution in [0.15, 0.2) is 139 Å².